The van der Waals surface area contributed by atoms with Crippen LogP contribution in [0.1, 0.15) is 26.7 Å². The van der Waals surface area contributed by atoms with Crippen LogP contribution in [-0.2, 0) is 14.3 Å². The van der Waals surface area contributed by atoms with Crippen molar-refractivity contribution >= 4 is 17.8 Å². The third kappa shape index (κ3) is 5.20. The van der Waals surface area contributed by atoms with Gasteiger partial charge in [-0.2, -0.15) is 9.97 Å². The molecule has 1 amide bonds. The van der Waals surface area contributed by atoms with Crippen molar-refractivity contribution in [2.45, 2.75) is 38.8 Å². The number of methoxy groups -OCH3 is 2. The molecular formula is C16H24N4O5. The summed E-state index contributed by atoms with van der Waals surface area (Å²) in [6.45, 7) is 4.32. The predicted molar refractivity (Wildman–Crippen MR) is 89.5 cm³/mol. The number of rotatable bonds is 8. The molecular weight excluding hydrogens is 328 g/mol. The second kappa shape index (κ2) is 8.50. The zero-order chi connectivity index (χ0) is 18.4. The van der Waals surface area contributed by atoms with Gasteiger partial charge >= 0.3 is 5.97 Å². The van der Waals surface area contributed by atoms with E-state index in [1.807, 2.05) is 13.8 Å². The number of cyclic esters (lactones) is 1. The molecule has 1 aliphatic heterocycles. The molecule has 0 aromatic carbocycles. The molecule has 1 saturated heterocycles. The standard InChI is InChI=1S/C16H24N4O5/c1-9(2)7-11(14(21)17-10-5-6-25-15(10)22)18-16-19-12(23-3)8-13(20-16)24-4/h8-11H,5-7H2,1-4H3,(H,17,21)(H,18,19,20)/t10-,11-/m0/s1. The maximum absolute atomic E-state index is 12.6. The Morgan fingerprint density at radius 3 is 2.44 bits per heavy atom. The zero-order valence-corrected chi connectivity index (χ0v) is 14.9. The lowest BCUT2D eigenvalue weighted by Gasteiger charge is -2.21. The van der Waals surface area contributed by atoms with E-state index in [0.717, 1.165) is 0 Å². The van der Waals surface area contributed by atoms with E-state index in [1.54, 1.807) is 0 Å². The molecule has 0 bridgehead atoms. The summed E-state index contributed by atoms with van der Waals surface area (Å²) in [6.07, 6.45) is 1.01. The van der Waals surface area contributed by atoms with Crippen molar-refractivity contribution in [1.82, 2.24) is 15.3 Å². The van der Waals surface area contributed by atoms with Crippen molar-refractivity contribution in [3.63, 3.8) is 0 Å². The van der Waals surface area contributed by atoms with Crippen molar-refractivity contribution < 1.29 is 23.8 Å². The summed E-state index contributed by atoms with van der Waals surface area (Å²) in [5, 5.41) is 5.72. The lowest BCUT2D eigenvalue weighted by atomic mass is 10.0. The van der Waals surface area contributed by atoms with Gasteiger partial charge in [0.05, 0.1) is 26.9 Å². The molecule has 9 nitrogen and oxygen atoms in total. The molecule has 0 unspecified atom stereocenters. The van der Waals surface area contributed by atoms with Crippen LogP contribution in [0, 0.1) is 5.92 Å². The first kappa shape index (κ1) is 18.8. The molecule has 1 aliphatic rings. The number of esters is 1. The number of nitrogens with one attached hydrogen (secondary N) is 2. The number of aromatic nitrogens is 2. The normalized spacial score (nSPS) is 17.8. The molecule has 2 rings (SSSR count). The highest BCUT2D eigenvalue weighted by Gasteiger charge is 2.31. The summed E-state index contributed by atoms with van der Waals surface area (Å²) in [4.78, 5) is 32.5. The molecule has 2 heterocycles. The van der Waals surface area contributed by atoms with Crippen molar-refractivity contribution in [1.29, 1.82) is 0 Å². The number of carbonyl (C=O) groups is 2. The van der Waals surface area contributed by atoms with Crippen LogP contribution in [0.15, 0.2) is 6.07 Å². The Bertz CT molecular complexity index is 600. The van der Waals surface area contributed by atoms with Crippen LogP contribution in [0.5, 0.6) is 11.8 Å². The van der Waals surface area contributed by atoms with E-state index in [2.05, 4.69) is 20.6 Å². The summed E-state index contributed by atoms with van der Waals surface area (Å²) in [6, 6.07) is 0.326. The molecule has 1 aromatic heterocycles. The van der Waals surface area contributed by atoms with Crippen molar-refractivity contribution in [2.75, 3.05) is 26.1 Å². The van der Waals surface area contributed by atoms with Crippen LogP contribution in [0.2, 0.25) is 0 Å². The molecule has 0 spiro atoms. The van der Waals surface area contributed by atoms with Gasteiger partial charge in [-0.05, 0) is 12.3 Å². The summed E-state index contributed by atoms with van der Waals surface area (Å²) in [5.74, 6) is 0.381. The van der Waals surface area contributed by atoms with Crippen LogP contribution in [0.3, 0.4) is 0 Å². The Morgan fingerprint density at radius 1 is 1.32 bits per heavy atom. The van der Waals surface area contributed by atoms with Gasteiger partial charge in [0.2, 0.25) is 23.6 Å². The van der Waals surface area contributed by atoms with Crippen molar-refractivity contribution in [3.8, 4) is 11.8 Å². The van der Waals surface area contributed by atoms with E-state index in [1.165, 1.54) is 20.3 Å². The second-order valence-electron chi connectivity index (χ2n) is 6.12. The van der Waals surface area contributed by atoms with Gasteiger partial charge in [0.25, 0.3) is 0 Å². The fourth-order valence-electron chi connectivity index (χ4n) is 2.44. The fraction of sp³-hybridized carbons (Fsp3) is 0.625. The number of carbonyl (C=O) groups excluding carboxylic acids is 2. The average molecular weight is 352 g/mol. The van der Waals surface area contributed by atoms with Crippen LogP contribution < -0.4 is 20.1 Å². The fourth-order valence-corrected chi connectivity index (χ4v) is 2.44. The molecule has 0 aliphatic carbocycles. The smallest absolute Gasteiger partial charge is 0.328 e. The molecule has 1 fully saturated rings. The minimum absolute atomic E-state index is 0.214. The van der Waals surface area contributed by atoms with Gasteiger partial charge in [0.1, 0.15) is 12.1 Å². The van der Waals surface area contributed by atoms with Gasteiger partial charge in [0, 0.05) is 6.42 Å². The first-order valence-corrected chi connectivity index (χ1v) is 8.13. The quantitative estimate of drug-likeness (QED) is 0.659. The molecule has 25 heavy (non-hydrogen) atoms. The lowest BCUT2D eigenvalue weighted by molar-refractivity contribution is -0.141. The third-order valence-corrected chi connectivity index (χ3v) is 3.68. The first-order valence-electron chi connectivity index (χ1n) is 8.13. The van der Waals surface area contributed by atoms with E-state index < -0.39 is 18.1 Å². The van der Waals surface area contributed by atoms with E-state index >= 15 is 0 Å². The number of nitrogens with zero attached hydrogens (tertiary/aromatic N) is 2. The molecule has 1 aromatic rings. The Balaban J connectivity index is 2.14. The van der Waals surface area contributed by atoms with Gasteiger partial charge in [0.15, 0.2) is 0 Å². The zero-order valence-electron chi connectivity index (χ0n) is 14.9. The van der Waals surface area contributed by atoms with Gasteiger partial charge in [-0.1, -0.05) is 13.8 Å². The van der Waals surface area contributed by atoms with Gasteiger partial charge in [-0.25, -0.2) is 4.79 Å². The Labute approximate surface area is 146 Å². The highest BCUT2D eigenvalue weighted by molar-refractivity contribution is 5.89. The molecule has 2 N–H and O–H groups in total. The van der Waals surface area contributed by atoms with Crippen LogP contribution in [0.25, 0.3) is 0 Å². The lowest BCUT2D eigenvalue weighted by Crippen LogP contribution is -2.47. The first-order chi connectivity index (χ1) is 11.9. The van der Waals surface area contributed by atoms with Crippen LogP contribution in [-0.4, -0.2) is 54.8 Å². The van der Waals surface area contributed by atoms with E-state index in [0.29, 0.717) is 31.2 Å². The number of ether oxygens (including phenoxy) is 3. The molecule has 9 heteroatoms. The largest absolute Gasteiger partial charge is 0.481 e. The Morgan fingerprint density at radius 2 is 1.96 bits per heavy atom. The SMILES string of the molecule is COc1cc(OC)nc(N[C@@H](CC(C)C)C(=O)N[C@H]2CCOC2=O)n1. The molecule has 0 saturated carbocycles. The summed E-state index contributed by atoms with van der Waals surface area (Å²) in [5.41, 5.74) is 0. The maximum Gasteiger partial charge on any atom is 0.328 e. The van der Waals surface area contributed by atoms with Gasteiger partial charge in [-0.15, -0.1) is 0 Å². The van der Waals surface area contributed by atoms with Crippen LogP contribution in [0.4, 0.5) is 5.95 Å². The topological polar surface area (TPSA) is 112 Å². The van der Waals surface area contributed by atoms with Gasteiger partial charge in [-0.3, -0.25) is 4.79 Å². The van der Waals surface area contributed by atoms with E-state index in [4.69, 9.17) is 14.2 Å². The number of amides is 1. The molecule has 138 valence electrons. The molecule has 2 atom stereocenters. The minimum Gasteiger partial charge on any atom is -0.481 e. The number of hydrogen-bond acceptors (Lipinski definition) is 8. The Hall–Kier alpha value is -2.58. The average Bonchev–Trinajstić information content (AvgIpc) is 2.98. The summed E-state index contributed by atoms with van der Waals surface area (Å²) >= 11 is 0. The maximum atomic E-state index is 12.6. The summed E-state index contributed by atoms with van der Waals surface area (Å²) in [7, 11) is 2.96. The second-order valence-corrected chi connectivity index (χ2v) is 6.12. The number of anilines is 1. The minimum atomic E-state index is -0.607. The predicted octanol–water partition coefficient (Wildman–Crippen LogP) is 0.752. The third-order valence-electron chi connectivity index (χ3n) is 3.68. The highest BCUT2D eigenvalue weighted by atomic mass is 16.5. The highest BCUT2D eigenvalue weighted by Crippen LogP contribution is 2.19. The van der Waals surface area contributed by atoms with E-state index in [9.17, 15) is 9.59 Å². The Kier molecular flexibility index (Phi) is 6.37. The van der Waals surface area contributed by atoms with Crippen molar-refractivity contribution in [2.24, 2.45) is 5.92 Å². The van der Waals surface area contributed by atoms with Gasteiger partial charge < -0.3 is 24.8 Å². The van der Waals surface area contributed by atoms with Crippen molar-refractivity contribution in [3.05, 3.63) is 6.07 Å². The van der Waals surface area contributed by atoms with E-state index in [-0.39, 0.29) is 17.8 Å². The summed E-state index contributed by atoms with van der Waals surface area (Å²) < 4.78 is 15.1. The number of hydrogen-bond donors (Lipinski definition) is 2. The monoisotopic (exact) mass is 352 g/mol. The molecule has 0 radical (unpaired) electrons. The van der Waals surface area contributed by atoms with Crippen LogP contribution >= 0.6 is 0 Å².